The molecule has 5 nitrogen and oxygen atoms in total. The van der Waals surface area contributed by atoms with E-state index in [1.54, 1.807) is 0 Å². The summed E-state index contributed by atoms with van der Waals surface area (Å²) in [5.74, 6) is 1.00. The molecule has 2 fully saturated rings. The minimum absolute atomic E-state index is 0.112. The Labute approximate surface area is 157 Å². The lowest BCUT2D eigenvalue weighted by atomic mass is 9.97. The molecule has 2 heterocycles. The van der Waals surface area contributed by atoms with Crippen molar-refractivity contribution >= 4 is 5.91 Å². The van der Waals surface area contributed by atoms with Gasteiger partial charge in [-0.2, -0.15) is 0 Å². The number of amides is 1. The van der Waals surface area contributed by atoms with E-state index in [0.717, 1.165) is 45.3 Å². The molecule has 0 unspecified atom stereocenters. The molecule has 0 radical (unpaired) electrons. The number of ether oxygens (including phenoxy) is 1. The molecular weight excluding hydrogens is 326 g/mol. The van der Waals surface area contributed by atoms with Crippen molar-refractivity contribution in [2.45, 2.75) is 38.8 Å². The first kappa shape index (κ1) is 19.3. The Morgan fingerprint density at radius 3 is 2.46 bits per heavy atom. The van der Waals surface area contributed by atoms with Crippen molar-refractivity contribution in [2.75, 3.05) is 45.9 Å². The lowest BCUT2D eigenvalue weighted by Crippen LogP contribution is -3.16. The summed E-state index contributed by atoms with van der Waals surface area (Å²) in [6.07, 6.45) is 2.48. The van der Waals surface area contributed by atoms with Crippen LogP contribution in [0.25, 0.3) is 0 Å². The van der Waals surface area contributed by atoms with Gasteiger partial charge < -0.3 is 19.9 Å². The van der Waals surface area contributed by atoms with Crippen LogP contribution in [0.4, 0.5) is 0 Å². The van der Waals surface area contributed by atoms with E-state index in [4.69, 9.17) is 4.74 Å². The fourth-order valence-electron chi connectivity index (χ4n) is 4.45. The SMILES string of the molecule is CC1CC[NH+](CC(=O)N[C@H](C)[C@@H](c2ccccc2)[NH+]2CCOCC2)CC1. The van der Waals surface area contributed by atoms with Crippen LogP contribution in [0.2, 0.25) is 0 Å². The number of quaternary nitrogens is 2. The molecule has 3 rings (SSSR count). The number of carbonyl (C=O) groups is 1. The van der Waals surface area contributed by atoms with Crippen LogP contribution in [0.5, 0.6) is 0 Å². The van der Waals surface area contributed by atoms with Gasteiger partial charge in [0.15, 0.2) is 6.54 Å². The van der Waals surface area contributed by atoms with Crippen molar-refractivity contribution in [1.82, 2.24) is 5.32 Å². The molecule has 2 atom stereocenters. The number of nitrogens with one attached hydrogen (secondary N) is 3. The van der Waals surface area contributed by atoms with Crippen LogP contribution in [-0.4, -0.2) is 57.9 Å². The maximum absolute atomic E-state index is 12.7. The van der Waals surface area contributed by atoms with E-state index in [-0.39, 0.29) is 18.0 Å². The fourth-order valence-corrected chi connectivity index (χ4v) is 4.45. The maximum Gasteiger partial charge on any atom is 0.275 e. The predicted octanol–water partition coefficient (Wildman–Crippen LogP) is -0.538. The first-order chi connectivity index (χ1) is 12.6. The Morgan fingerprint density at radius 2 is 1.81 bits per heavy atom. The number of rotatable bonds is 6. The second-order valence-corrected chi connectivity index (χ2v) is 8.12. The molecule has 2 aliphatic rings. The zero-order valence-corrected chi connectivity index (χ0v) is 16.3. The molecule has 0 aromatic heterocycles. The molecule has 0 bridgehead atoms. The van der Waals surface area contributed by atoms with Crippen molar-refractivity contribution in [3.05, 3.63) is 35.9 Å². The summed E-state index contributed by atoms with van der Waals surface area (Å²) in [5, 5.41) is 3.31. The Morgan fingerprint density at radius 1 is 1.15 bits per heavy atom. The third kappa shape index (κ3) is 5.29. The summed E-state index contributed by atoms with van der Waals surface area (Å²) >= 11 is 0. The fraction of sp³-hybridized carbons (Fsp3) is 0.667. The highest BCUT2D eigenvalue weighted by atomic mass is 16.5. The molecule has 1 aromatic rings. The number of morpholine rings is 1. The zero-order chi connectivity index (χ0) is 18.4. The third-order valence-corrected chi connectivity index (χ3v) is 6.01. The average Bonchev–Trinajstić information content (AvgIpc) is 2.65. The topological polar surface area (TPSA) is 47.2 Å². The molecule has 0 spiro atoms. The first-order valence-electron chi connectivity index (χ1n) is 10.2. The van der Waals surface area contributed by atoms with E-state index >= 15 is 0 Å². The molecule has 1 aromatic carbocycles. The van der Waals surface area contributed by atoms with E-state index < -0.39 is 0 Å². The van der Waals surface area contributed by atoms with Gasteiger partial charge in [0, 0.05) is 5.56 Å². The Bertz CT molecular complexity index is 552. The maximum atomic E-state index is 12.7. The normalized spacial score (nSPS) is 26.8. The van der Waals surface area contributed by atoms with Gasteiger partial charge in [-0.05, 0) is 25.7 Å². The zero-order valence-electron chi connectivity index (χ0n) is 16.3. The number of benzene rings is 1. The summed E-state index contributed by atoms with van der Waals surface area (Å²) in [6.45, 7) is 10.9. The number of hydrogen-bond donors (Lipinski definition) is 3. The van der Waals surface area contributed by atoms with Crippen LogP contribution >= 0.6 is 0 Å². The minimum atomic E-state index is 0.112. The van der Waals surface area contributed by atoms with E-state index in [0.29, 0.717) is 6.54 Å². The molecule has 26 heavy (non-hydrogen) atoms. The highest BCUT2D eigenvalue weighted by Gasteiger charge is 2.33. The second-order valence-electron chi connectivity index (χ2n) is 8.12. The van der Waals surface area contributed by atoms with Crippen molar-refractivity contribution in [3.63, 3.8) is 0 Å². The van der Waals surface area contributed by atoms with E-state index in [1.807, 2.05) is 0 Å². The van der Waals surface area contributed by atoms with Gasteiger partial charge in [-0.3, -0.25) is 4.79 Å². The van der Waals surface area contributed by atoms with E-state index in [9.17, 15) is 4.79 Å². The number of carbonyl (C=O) groups excluding carboxylic acids is 1. The van der Waals surface area contributed by atoms with E-state index in [2.05, 4.69) is 49.5 Å². The monoisotopic (exact) mass is 361 g/mol. The van der Waals surface area contributed by atoms with Crippen LogP contribution in [0, 0.1) is 5.92 Å². The highest BCUT2D eigenvalue weighted by Crippen LogP contribution is 2.14. The Hall–Kier alpha value is -1.43. The quantitative estimate of drug-likeness (QED) is 0.638. The van der Waals surface area contributed by atoms with Gasteiger partial charge in [0.2, 0.25) is 0 Å². The lowest BCUT2D eigenvalue weighted by molar-refractivity contribution is -0.940. The summed E-state index contributed by atoms with van der Waals surface area (Å²) < 4.78 is 5.54. The molecule has 1 amide bonds. The standard InChI is InChI=1S/C21H33N3O2/c1-17-8-10-23(11-9-17)16-20(25)22-18(2)21(19-6-4-3-5-7-19)24-12-14-26-15-13-24/h3-7,17-18,21H,8-16H2,1-2H3,(H,22,25)/p+2/t18-,21+/m1/s1. The van der Waals surface area contributed by atoms with Crippen molar-refractivity contribution < 1.29 is 19.3 Å². The molecule has 0 saturated carbocycles. The second kappa shape index (κ2) is 9.49. The van der Waals surface area contributed by atoms with Gasteiger partial charge in [-0.1, -0.05) is 37.3 Å². The van der Waals surface area contributed by atoms with Gasteiger partial charge in [0.25, 0.3) is 5.91 Å². The lowest BCUT2D eigenvalue weighted by Gasteiger charge is -2.35. The summed E-state index contributed by atoms with van der Waals surface area (Å²) in [5.41, 5.74) is 1.30. The minimum Gasteiger partial charge on any atom is -0.370 e. The van der Waals surface area contributed by atoms with Crippen LogP contribution in [0.3, 0.4) is 0 Å². The molecule has 144 valence electrons. The first-order valence-corrected chi connectivity index (χ1v) is 10.2. The number of hydrogen-bond acceptors (Lipinski definition) is 2. The summed E-state index contributed by atoms with van der Waals surface area (Å²) in [7, 11) is 0. The molecule has 3 N–H and O–H groups in total. The van der Waals surface area contributed by atoms with Gasteiger partial charge in [-0.25, -0.2) is 0 Å². The molecule has 2 aliphatic heterocycles. The smallest absolute Gasteiger partial charge is 0.275 e. The highest BCUT2D eigenvalue weighted by molar-refractivity contribution is 5.77. The summed E-state index contributed by atoms with van der Waals surface area (Å²) in [6, 6.07) is 11.0. The van der Waals surface area contributed by atoms with E-state index in [1.165, 1.54) is 28.2 Å². The molecule has 0 aliphatic carbocycles. The summed E-state index contributed by atoms with van der Waals surface area (Å²) in [4.78, 5) is 15.6. The third-order valence-electron chi connectivity index (χ3n) is 6.01. The van der Waals surface area contributed by atoms with Crippen LogP contribution < -0.4 is 15.1 Å². The van der Waals surface area contributed by atoms with Crippen LogP contribution in [0.15, 0.2) is 30.3 Å². The number of piperidine rings is 1. The van der Waals surface area contributed by atoms with Gasteiger partial charge in [-0.15, -0.1) is 0 Å². The average molecular weight is 362 g/mol. The molecule has 5 heteroatoms. The Balaban J connectivity index is 1.61. The number of likely N-dealkylation sites (tertiary alicyclic amines) is 1. The van der Waals surface area contributed by atoms with Crippen LogP contribution in [-0.2, 0) is 9.53 Å². The molecular formula is C21H35N3O2+2. The van der Waals surface area contributed by atoms with Gasteiger partial charge in [0.1, 0.15) is 19.1 Å². The molecule has 2 saturated heterocycles. The van der Waals surface area contributed by atoms with Crippen molar-refractivity contribution in [2.24, 2.45) is 5.92 Å². The predicted molar refractivity (Wildman–Crippen MR) is 102 cm³/mol. The van der Waals surface area contributed by atoms with Crippen LogP contribution in [0.1, 0.15) is 38.3 Å². The van der Waals surface area contributed by atoms with Crippen molar-refractivity contribution in [1.29, 1.82) is 0 Å². The van der Waals surface area contributed by atoms with Gasteiger partial charge in [0.05, 0.1) is 32.3 Å². The van der Waals surface area contributed by atoms with Gasteiger partial charge >= 0.3 is 0 Å². The largest absolute Gasteiger partial charge is 0.370 e. The van der Waals surface area contributed by atoms with Crippen molar-refractivity contribution in [3.8, 4) is 0 Å². The Kier molecular flexibility index (Phi) is 7.06.